The quantitative estimate of drug-likeness (QED) is 0.689. The molecule has 0 atom stereocenters. The van der Waals surface area contributed by atoms with Crippen molar-refractivity contribution in [3.63, 3.8) is 0 Å². The largest absolute Gasteiger partial charge is 0.425 e. The van der Waals surface area contributed by atoms with Gasteiger partial charge in [0.15, 0.2) is 5.75 Å². The van der Waals surface area contributed by atoms with Crippen LogP contribution in [-0.4, -0.2) is 16.9 Å². The second kappa shape index (κ2) is 7.06. The summed E-state index contributed by atoms with van der Waals surface area (Å²) < 4.78 is 43.7. The minimum atomic E-state index is -4.53. The first-order valence-electron chi connectivity index (χ1n) is 7.80. The molecule has 3 aromatic rings. The van der Waals surface area contributed by atoms with Crippen LogP contribution in [0.25, 0.3) is 10.9 Å². The number of nitrogens with one attached hydrogen (secondary N) is 1. The number of ether oxygens (including phenoxy) is 1. The van der Waals surface area contributed by atoms with Gasteiger partial charge in [-0.3, -0.25) is 14.6 Å². The Morgan fingerprint density at radius 2 is 1.81 bits per heavy atom. The Morgan fingerprint density at radius 3 is 2.52 bits per heavy atom. The van der Waals surface area contributed by atoms with Gasteiger partial charge < -0.3 is 10.1 Å². The zero-order valence-corrected chi connectivity index (χ0v) is 14.0. The van der Waals surface area contributed by atoms with Crippen LogP contribution in [0.5, 0.6) is 5.75 Å². The van der Waals surface area contributed by atoms with E-state index >= 15 is 0 Å². The predicted octanol–water partition coefficient (Wildman–Crippen LogP) is 4.43. The van der Waals surface area contributed by atoms with Crippen molar-refractivity contribution in [2.45, 2.75) is 13.1 Å². The molecule has 1 amide bonds. The highest BCUT2D eigenvalue weighted by Crippen LogP contribution is 2.32. The number of benzene rings is 2. The first-order chi connectivity index (χ1) is 12.8. The summed E-state index contributed by atoms with van der Waals surface area (Å²) in [6.07, 6.45) is -3.32. The van der Waals surface area contributed by atoms with E-state index in [1.54, 1.807) is 24.3 Å². The fraction of sp³-hybridized carbons (Fsp3) is 0.105. The number of halogens is 3. The molecule has 138 valence electrons. The zero-order valence-electron chi connectivity index (χ0n) is 14.0. The van der Waals surface area contributed by atoms with E-state index in [2.05, 4.69) is 10.3 Å². The minimum Gasteiger partial charge on any atom is -0.425 e. The molecule has 2 aromatic carbocycles. The van der Waals surface area contributed by atoms with Gasteiger partial charge >= 0.3 is 12.1 Å². The van der Waals surface area contributed by atoms with Gasteiger partial charge in [0.1, 0.15) is 5.56 Å². The lowest BCUT2D eigenvalue weighted by Gasteiger charge is -2.13. The lowest BCUT2D eigenvalue weighted by atomic mass is 10.1. The second-order valence-corrected chi connectivity index (χ2v) is 5.64. The summed E-state index contributed by atoms with van der Waals surface area (Å²) in [4.78, 5) is 28.2. The molecule has 8 heteroatoms. The van der Waals surface area contributed by atoms with Crippen molar-refractivity contribution in [2.75, 3.05) is 5.32 Å². The van der Waals surface area contributed by atoms with E-state index in [1.165, 1.54) is 25.3 Å². The number of fused-ring (bicyclic) bond motifs is 1. The van der Waals surface area contributed by atoms with Crippen LogP contribution < -0.4 is 10.1 Å². The van der Waals surface area contributed by atoms with Crippen LogP contribution in [0.1, 0.15) is 22.8 Å². The van der Waals surface area contributed by atoms with Gasteiger partial charge in [-0.05, 0) is 30.3 Å². The third-order valence-electron chi connectivity index (χ3n) is 3.66. The van der Waals surface area contributed by atoms with Crippen molar-refractivity contribution >= 4 is 28.5 Å². The van der Waals surface area contributed by atoms with Crippen molar-refractivity contribution in [3.8, 4) is 5.75 Å². The Morgan fingerprint density at radius 1 is 1.07 bits per heavy atom. The Hall–Kier alpha value is -3.42. The number of hydrogen-bond donors (Lipinski definition) is 1. The highest BCUT2D eigenvalue weighted by atomic mass is 19.4. The van der Waals surface area contributed by atoms with Gasteiger partial charge in [0.2, 0.25) is 0 Å². The van der Waals surface area contributed by atoms with Gasteiger partial charge in [-0.2, -0.15) is 13.2 Å². The number of esters is 1. The second-order valence-electron chi connectivity index (χ2n) is 5.64. The third-order valence-corrected chi connectivity index (χ3v) is 3.66. The van der Waals surface area contributed by atoms with Crippen LogP contribution in [0.2, 0.25) is 0 Å². The Labute approximate surface area is 151 Å². The fourth-order valence-corrected chi connectivity index (χ4v) is 2.50. The van der Waals surface area contributed by atoms with E-state index in [0.717, 1.165) is 12.1 Å². The van der Waals surface area contributed by atoms with Crippen LogP contribution in [0.4, 0.5) is 18.9 Å². The molecule has 0 unspecified atom stereocenters. The van der Waals surface area contributed by atoms with Crippen LogP contribution in [0.3, 0.4) is 0 Å². The number of aromatic nitrogens is 1. The normalized spacial score (nSPS) is 11.3. The van der Waals surface area contributed by atoms with Gasteiger partial charge in [-0.25, -0.2) is 0 Å². The maximum absolute atomic E-state index is 12.8. The molecule has 0 fully saturated rings. The number of nitrogens with zero attached hydrogens (tertiary/aromatic N) is 1. The SMILES string of the molecule is CC(=O)Oc1c(C(=O)Nc2cccc(C(F)(F)F)c2)cnc2ccccc12. The summed E-state index contributed by atoms with van der Waals surface area (Å²) in [5, 5.41) is 2.81. The molecular weight excluding hydrogens is 361 g/mol. The number of para-hydroxylation sites is 1. The molecule has 3 rings (SSSR count). The van der Waals surface area contributed by atoms with Gasteiger partial charge in [-0.1, -0.05) is 18.2 Å². The van der Waals surface area contributed by atoms with Crippen LogP contribution >= 0.6 is 0 Å². The maximum atomic E-state index is 12.8. The van der Waals surface area contributed by atoms with Crippen molar-refractivity contribution < 1.29 is 27.5 Å². The third kappa shape index (κ3) is 4.05. The minimum absolute atomic E-state index is 0.00224. The molecule has 0 aliphatic carbocycles. The molecular formula is C19H13F3N2O3. The molecule has 0 bridgehead atoms. The average molecular weight is 374 g/mol. The summed E-state index contributed by atoms with van der Waals surface area (Å²) in [6, 6.07) is 11.0. The summed E-state index contributed by atoms with van der Waals surface area (Å²) >= 11 is 0. The maximum Gasteiger partial charge on any atom is 0.416 e. The van der Waals surface area contributed by atoms with E-state index < -0.39 is 23.6 Å². The number of carbonyl (C=O) groups is 2. The molecule has 0 saturated heterocycles. The first kappa shape index (κ1) is 18.4. The molecule has 0 radical (unpaired) electrons. The van der Waals surface area contributed by atoms with E-state index in [0.29, 0.717) is 10.9 Å². The Bertz CT molecular complexity index is 1030. The van der Waals surface area contributed by atoms with Gasteiger partial charge in [-0.15, -0.1) is 0 Å². The highest BCUT2D eigenvalue weighted by molar-refractivity contribution is 6.09. The van der Waals surface area contributed by atoms with E-state index in [9.17, 15) is 22.8 Å². The smallest absolute Gasteiger partial charge is 0.416 e. The molecule has 0 spiro atoms. The fourth-order valence-electron chi connectivity index (χ4n) is 2.50. The van der Waals surface area contributed by atoms with Gasteiger partial charge in [0.05, 0.1) is 11.1 Å². The van der Waals surface area contributed by atoms with Crippen LogP contribution in [0, 0.1) is 0 Å². The Kier molecular flexibility index (Phi) is 4.81. The van der Waals surface area contributed by atoms with E-state index in [4.69, 9.17) is 4.74 Å². The number of carbonyl (C=O) groups excluding carboxylic acids is 2. The monoisotopic (exact) mass is 374 g/mol. The summed E-state index contributed by atoms with van der Waals surface area (Å²) in [6.45, 7) is 1.18. The molecule has 1 N–H and O–H groups in total. The number of rotatable bonds is 3. The van der Waals surface area contributed by atoms with Gasteiger partial charge in [0.25, 0.3) is 5.91 Å². The van der Waals surface area contributed by atoms with Crippen molar-refractivity contribution in [2.24, 2.45) is 0 Å². The number of amides is 1. The number of pyridine rings is 1. The molecule has 27 heavy (non-hydrogen) atoms. The van der Waals surface area contributed by atoms with E-state index in [1.807, 2.05) is 0 Å². The van der Waals surface area contributed by atoms with E-state index in [-0.39, 0.29) is 17.0 Å². The van der Waals surface area contributed by atoms with Crippen molar-refractivity contribution in [1.82, 2.24) is 4.98 Å². The zero-order chi connectivity index (χ0) is 19.6. The summed E-state index contributed by atoms with van der Waals surface area (Å²) in [5.74, 6) is -1.39. The standard InChI is InChI=1S/C19H13F3N2O3/c1-11(25)27-17-14-7-2-3-8-16(14)23-10-15(17)18(26)24-13-6-4-5-12(9-13)19(20,21)22/h2-10H,1H3,(H,24,26). The Balaban J connectivity index is 2.00. The topological polar surface area (TPSA) is 68.3 Å². The molecule has 5 nitrogen and oxygen atoms in total. The molecule has 1 heterocycles. The van der Waals surface area contributed by atoms with Crippen LogP contribution in [-0.2, 0) is 11.0 Å². The predicted molar refractivity (Wildman–Crippen MR) is 92.4 cm³/mol. The molecule has 1 aromatic heterocycles. The van der Waals surface area contributed by atoms with Crippen molar-refractivity contribution in [1.29, 1.82) is 0 Å². The first-order valence-corrected chi connectivity index (χ1v) is 7.80. The van der Waals surface area contributed by atoms with Gasteiger partial charge in [0, 0.05) is 24.2 Å². The average Bonchev–Trinajstić information content (AvgIpc) is 2.61. The highest BCUT2D eigenvalue weighted by Gasteiger charge is 2.30. The summed E-state index contributed by atoms with van der Waals surface area (Å²) in [7, 11) is 0. The number of anilines is 1. The lowest BCUT2D eigenvalue weighted by Crippen LogP contribution is -2.16. The number of hydrogen-bond acceptors (Lipinski definition) is 4. The number of alkyl halides is 3. The summed E-state index contributed by atoms with van der Waals surface area (Å²) in [5.41, 5.74) is -0.500. The molecule has 0 aliphatic rings. The lowest BCUT2D eigenvalue weighted by molar-refractivity contribution is -0.137. The molecule has 0 aliphatic heterocycles. The van der Waals surface area contributed by atoms with Crippen LogP contribution in [0.15, 0.2) is 54.7 Å². The van der Waals surface area contributed by atoms with Crippen molar-refractivity contribution in [3.05, 3.63) is 65.9 Å². The molecule has 0 saturated carbocycles.